The van der Waals surface area contributed by atoms with Crippen molar-refractivity contribution in [3.63, 3.8) is 0 Å². The van der Waals surface area contributed by atoms with Gasteiger partial charge >= 0.3 is 24.7 Å². The van der Waals surface area contributed by atoms with Gasteiger partial charge < -0.3 is 15.9 Å². The largest absolute Gasteiger partial charge is 0.430 e. The lowest BCUT2D eigenvalue weighted by atomic mass is 9.90. The second kappa shape index (κ2) is 12.3. The van der Waals surface area contributed by atoms with Gasteiger partial charge in [-0.05, 0) is 36.1 Å². The predicted octanol–water partition coefficient (Wildman–Crippen LogP) is 8.25. The second-order valence-corrected chi connectivity index (χ2v) is 9.49. The van der Waals surface area contributed by atoms with Crippen LogP contribution in [0.5, 0.6) is 0 Å². The van der Waals surface area contributed by atoms with E-state index in [1.54, 1.807) is 13.8 Å². The molecule has 4 N–H and O–H groups in total. The zero-order valence-electron chi connectivity index (χ0n) is 20.7. The van der Waals surface area contributed by atoms with Gasteiger partial charge in [-0.1, -0.05) is 66.9 Å². The van der Waals surface area contributed by atoms with Crippen molar-refractivity contribution in [2.75, 3.05) is 5.73 Å². The first-order chi connectivity index (χ1) is 17.9. The highest BCUT2D eigenvalue weighted by Crippen LogP contribution is 2.51. The van der Waals surface area contributed by atoms with E-state index in [4.69, 9.17) is 5.73 Å². The summed E-state index contributed by atoms with van der Waals surface area (Å²) in [5.74, 6) is 0. The first kappa shape index (κ1) is 35.8. The molecule has 2 aromatic carbocycles. The van der Waals surface area contributed by atoms with Gasteiger partial charge in [0, 0.05) is 21.3 Å². The number of hydrogen-bond acceptors (Lipinski definition) is 3. The Balaban J connectivity index is 0.000000400. The number of nitrogens with two attached hydrogens (primary N) is 1. The van der Waals surface area contributed by atoms with E-state index in [1.807, 2.05) is 0 Å². The first-order valence-corrected chi connectivity index (χ1v) is 12.1. The van der Waals surface area contributed by atoms with Gasteiger partial charge in [0.25, 0.3) is 11.2 Å². The minimum absolute atomic E-state index is 0.0855. The molecule has 40 heavy (non-hydrogen) atoms. The van der Waals surface area contributed by atoms with Crippen molar-refractivity contribution in [1.82, 2.24) is 0 Å². The van der Waals surface area contributed by atoms with Crippen LogP contribution in [0.15, 0.2) is 40.9 Å². The predicted molar refractivity (Wildman–Crippen MR) is 125 cm³/mol. The van der Waals surface area contributed by atoms with Crippen LogP contribution in [0.1, 0.15) is 48.9 Å². The van der Waals surface area contributed by atoms with Crippen LogP contribution in [0.25, 0.3) is 0 Å². The second-order valence-electron chi connectivity index (χ2n) is 8.63. The summed E-state index contributed by atoms with van der Waals surface area (Å²) >= 11 is 3.05. The highest BCUT2D eigenvalue weighted by molar-refractivity contribution is 9.10. The molecule has 2 aromatic rings. The van der Waals surface area contributed by atoms with Gasteiger partial charge in [0.1, 0.15) is 0 Å². The van der Waals surface area contributed by atoms with E-state index in [2.05, 4.69) is 15.9 Å². The van der Waals surface area contributed by atoms with Crippen molar-refractivity contribution in [3.05, 3.63) is 63.1 Å². The average Bonchev–Trinajstić information content (AvgIpc) is 2.78. The van der Waals surface area contributed by atoms with Crippen LogP contribution in [0.3, 0.4) is 0 Å². The maximum atomic E-state index is 12.7. The van der Waals surface area contributed by atoms with Crippen molar-refractivity contribution in [2.45, 2.75) is 75.4 Å². The van der Waals surface area contributed by atoms with Crippen LogP contribution < -0.4 is 5.73 Å². The van der Waals surface area contributed by atoms with E-state index in [-0.39, 0.29) is 23.2 Å². The molecule has 0 amide bonds. The van der Waals surface area contributed by atoms with Crippen molar-refractivity contribution in [2.24, 2.45) is 0 Å². The molecular formula is C24H24BrF12NO2. The molecule has 0 aromatic heterocycles. The Kier molecular flexibility index (Phi) is 11.1. The lowest BCUT2D eigenvalue weighted by molar-refractivity contribution is -0.376. The normalized spacial score (nSPS) is 13.6. The maximum absolute atomic E-state index is 12.7. The zero-order chi connectivity index (χ0) is 31.5. The minimum Gasteiger partial charge on any atom is -0.399 e. The summed E-state index contributed by atoms with van der Waals surface area (Å²) < 4.78 is 153. The summed E-state index contributed by atoms with van der Waals surface area (Å²) in [5.41, 5.74) is -6.30. The number of anilines is 1. The topological polar surface area (TPSA) is 66.5 Å². The van der Waals surface area contributed by atoms with Crippen LogP contribution >= 0.6 is 15.9 Å². The fourth-order valence-corrected chi connectivity index (χ4v) is 4.00. The van der Waals surface area contributed by atoms with Gasteiger partial charge in [0.15, 0.2) is 0 Å². The number of aryl methyl sites for hydroxylation is 2. The molecule has 0 aliphatic rings. The van der Waals surface area contributed by atoms with Crippen LogP contribution in [0.4, 0.5) is 58.4 Å². The summed E-state index contributed by atoms with van der Waals surface area (Å²) in [6.45, 7) is 3.44. The van der Waals surface area contributed by atoms with Crippen molar-refractivity contribution in [3.8, 4) is 0 Å². The van der Waals surface area contributed by atoms with Crippen LogP contribution in [0, 0.1) is 0 Å². The number of alkyl halides is 12. The number of benzene rings is 2. The molecule has 0 fully saturated rings. The summed E-state index contributed by atoms with van der Waals surface area (Å²) in [5, 5.41) is 18.5. The third-order valence-electron chi connectivity index (χ3n) is 5.70. The molecular weight excluding hydrogens is 642 g/mol. The molecule has 0 saturated carbocycles. The van der Waals surface area contributed by atoms with Crippen molar-refractivity contribution >= 4 is 21.6 Å². The smallest absolute Gasteiger partial charge is 0.399 e. The van der Waals surface area contributed by atoms with Gasteiger partial charge in [-0.25, -0.2) is 0 Å². The molecule has 0 unspecified atom stereocenters. The van der Waals surface area contributed by atoms with E-state index in [9.17, 15) is 62.9 Å². The molecule has 0 bridgehead atoms. The summed E-state index contributed by atoms with van der Waals surface area (Å²) in [4.78, 5) is 0. The summed E-state index contributed by atoms with van der Waals surface area (Å²) in [6, 6.07) is 4.54. The standard InChI is InChI=1S/C12H11BrF6O.C12H13F6NO/c1-2-3-7-6-8(4-5-9(7)13)10(20,11(14,15)16)12(17,18)19;1-2-3-7-6-8(4-5-9(7)19)10(20,11(13,14)15)12(16,17)18/h4-6,20H,2-3H2,1H3;4-6,20H,2-3,19H2,1H3. The monoisotopic (exact) mass is 665 g/mol. The Hall–Kier alpha value is -2.20. The van der Waals surface area contributed by atoms with E-state index >= 15 is 0 Å². The highest BCUT2D eigenvalue weighted by atomic mass is 79.9. The van der Waals surface area contributed by atoms with Gasteiger partial charge in [-0.15, -0.1) is 0 Å². The Bertz CT molecular complexity index is 1020. The minimum atomic E-state index is -5.88. The maximum Gasteiger partial charge on any atom is 0.430 e. The number of nitrogen functional groups attached to an aromatic ring is 1. The Morgan fingerprint density at radius 1 is 0.600 bits per heavy atom. The fraction of sp³-hybridized carbons (Fsp3) is 0.500. The highest BCUT2D eigenvalue weighted by Gasteiger charge is 2.72. The molecule has 16 heteroatoms. The lowest BCUT2D eigenvalue weighted by Crippen LogP contribution is -2.54. The van der Waals surface area contributed by atoms with E-state index in [0.29, 0.717) is 41.9 Å². The molecule has 228 valence electrons. The van der Waals surface area contributed by atoms with E-state index < -0.39 is 47.0 Å². The number of aliphatic hydroxyl groups is 2. The Morgan fingerprint density at radius 2 is 0.925 bits per heavy atom. The molecule has 0 aliphatic heterocycles. The van der Waals surface area contributed by atoms with Crippen molar-refractivity contribution < 1.29 is 62.9 Å². The third kappa shape index (κ3) is 7.16. The number of hydrogen-bond donors (Lipinski definition) is 3. The quantitative estimate of drug-likeness (QED) is 0.215. The molecule has 0 radical (unpaired) electrons. The molecule has 0 saturated heterocycles. The Labute approximate surface area is 229 Å². The van der Waals surface area contributed by atoms with Crippen LogP contribution in [-0.2, 0) is 24.0 Å². The van der Waals surface area contributed by atoms with Crippen molar-refractivity contribution in [1.29, 1.82) is 0 Å². The average molecular weight is 666 g/mol. The Morgan fingerprint density at radius 3 is 1.27 bits per heavy atom. The van der Waals surface area contributed by atoms with E-state index in [1.165, 1.54) is 0 Å². The van der Waals surface area contributed by atoms with Gasteiger partial charge in [-0.3, -0.25) is 0 Å². The summed E-state index contributed by atoms with van der Waals surface area (Å²) in [6.07, 6.45) is -21.9. The molecule has 0 atom stereocenters. The van der Waals surface area contributed by atoms with Crippen LogP contribution in [-0.4, -0.2) is 34.9 Å². The first-order valence-electron chi connectivity index (χ1n) is 11.3. The van der Waals surface area contributed by atoms with Gasteiger partial charge in [-0.2, -0.15) is 52.7 Å². The number of halogens is 13. The third-order valence-corrected chi connectivity index (χ3v) is 6.48. The molecule has 0 heterocycles. The molecule has 2 rings (SSSR count). The number of rotatable bonds is 6. The van der Waals surface area contributed by atoms with Gasteiger partial charge in [0.05, 0.1) is 0 Å². The van der Waals surface area contributed by atoms with Gasteiger partial charge in [0.2, 0.25) is 0 Å². The van der Waals surface area contributed by atoms with E-state index in [0.717, 1.165) is 18.2 Å². The van der Waals surface area contributed by atoms with Crippen LogP contribution in [0.2, 0.25) is 0 Å². The molecule has 0 aliphatic carbocycles. The molecule has 3 nitrogen and oxygen atoms in total. The SMILES string of the molecule is CCCc1cc(C(O)(C(F)(F)F)C(F)(F)F)ccc1Br.CCCc1cc(C(O)(C(F)(F)F)C(F)(F)F)ccc1N. The zero-order valence-corrected chi connectivity index (χ0v) is 22.3. The summed E-state index contributed by atoms with van der Waals surface area (Å²) in [7, 11) is 0. The fourth-order valence-electron chi connectivity index (χ4n) is 3.55. The molecule has 0 spiro atoms. The lowest BCUT2D eigenvalue weighted by Gasteiger charge is -2.33.